The van der Waals surface area contributed by atoms with E-state index in [2.05, 4.69) is 49.9 Å². The van der Waals surface area contributed by atoms with Crippen molar-refractivity contribution in [2.45, 2.75) is 155 Å². The molecule has 0 unspecified atom stereocenters. The van der Waals surface area contributed by atoms with Gasteiger partial charge in [0.15, 0.2) is 0 Å². The molecule has 2 aromatic rings. The molecule has 3 heterocycles. The smallest absolute Gasteiger partial charge is 0.408 e. The molecule has 2 aliphatic heterocycles. The molecule has 6 amide bonds. The van der Waals surface area contributed by atoms with Crippen LogP contribution in [0.3, 0.4) is 0 Å². The van der Waals surface area contributed by atoms with Gasteiger partial charge in [-0.1, -0.05) is 105 Å². The number of esters is 1. The number of cyclic esters (lactones) is 1. The molecular formula is C59H83N9O11. The lowest BCUT2D eigenvalue weighted by Crippen LogP contribution is -2.54. The number of aryl methyl sites for hydroxylation is 2. The number of primary amides is 1. The number of nitrogens with two attached hydrogens (primary N) is 1. The molecule has 20 heteroatoms. The standard InChI is InChI=1S/C59H83N9O11/c1-9-13-51-39(7)50(69)32-52(79-51)47(16-10-14-36(4)30-38(6)31-37(5)19-24-42-15-11-18-53(70)78-42)64-58(74)76-33-40-20-22-41(23-21-40)62-55(71)48(17-12-29-61-57(60)73)63-56(72)54(35(2)3)65-59(75)77-34-45-43-25-27-46-49(28-26-44(43)45)68(8)67-66-46/h9-11,13-14,16,18-24,31,35,38-39,42-45,47-48,50-52,54,69H,12,15,17,25-30,32-34H2,1-8H3,(H,62,71)(H,63,72)(H,64,74)(H,65,75)(H3,60,61,73)/b13-9+,16-10+,24-19+,36-14+,37-31-/t38-,39+,42-,43-,44+,45-,47-,48+,50-,51+,52+,54+/m1/s1. The van der Waals surface area contributed by atoms with Crippen molar-refractivity contribution in [3.63, 3.8) is 0 Å². The van der Waals surface area contributed by atoms with Crippen LogP contribution in [-0.2, 0) is 59.8 Å². The quantitative estimate of drug-likeness (QED) is 0.0182. The number of ether oxygens (including phenoxy) is 4. The van der Waals surface area contributed by atoms with Gasteiger partial charge in [-0.15, -0.1) is 5.10 Å². The van der Waals surface area contributed by atoms with E-state index in [0.717, 1.165) is 54.6 Å². The Bertz CT molecular complexity index is 2600. The Morgan fingerprint density at radius 1 is 0.975 bits per heavy atom. The highest BCUT2D eigenvalue weighted by Gasteiger charge is 2.50. The number of fused-ring (bicyclic) bond motifs is 2. The summed E-state index contributed by atoms with van der Waals surface area (Å²) in [6.45, 7) is 13.9. The number of amides is 6. The molecule has 430 valence electrons. The van der Waals surface area contributed by atoms with Crippen molar-refractivity contribution in [3.8, 4) is 0 Å². The molecule has 20 nitrogen and oxygen atoms in total. The van der Waals surface area contributed by atoms with E-state index in [1.54, 1.807) is 38.1 Å². The lowest BCUT2D eigenvalue weighted by Gasteiger charge is -2.39. The van der Waals surface area contributed by atoms with Gasteiger partial charge in [0.05, 0.1) is 42.3 Å². The number of allylic oxidation sites excluding steroid dienone is 7. The molecule has 6 rings (SSSR count). The Morgan fingerprint density at radius 2 is 1.71 bits per heavy atom. The summed E-state index contributed by atoms with van der Waals surface area (Å²) in [5.74, 6) is -0.630. The number of benzene rings is 1. The van der Waals surface area contributed by atoms with Crippen LogP contribution in [0, 0.1) is 35.5 Å². The number of rotatable bonds is 24. The lowest BCUT2D eigenvalue weighted by atomic mass is 9.87. The van der Waals surface area contributed by atoms with Gasteiger partial charge in [0, 0.05) is 44.1 Å². The minimum Gasteiger partial charge on any atom is -0.455 e. The lowest BCUT2D eigenvalue weighted by molar-refractivity contribution is -0.141. The number of aliphatic hydroxyl groups excluding tert-OH is 1. The first-order valence-electron chi connectivity index (χ1n) is 27.8. The molecule has 2 fully saturated rings. The average Bonchev–Trinajstić information content (AvgIpc) is 4.17. The molecule has 1 aromatic carbocycles. The molecule has 0 radical (unpaired) electrons. The fraction of sp³-hybridized carbons (Fsp3) is 0.559. The minimum atomic E-state index is -1.06. The number of urea groups is 1. The van der Waals surface area contributed by atoms with Crippen LogP contribution in [0.15, 0.2) is 96.2 Å². The SMILES string of the molecule is C/C=C/[C@@H]1O[C@H]([C@@H](/C=C/C=C(\C)C[C@@H](C)/C=C(C)\C=C\[C@H]2CC=CC(=O)O2)NC(=O)OCc2ccc(NC(=O)[C@H](CCCNC(N)=O)NC(=O)[C@@H](NC(=O)OC[C@@H]3[C@@H]4CCc5nnn(C)c5CC[C@@H]43)C(C)C)cc2)C[C@@H](O)[C@@H]1C. The van der Waals surface area contributed by atoms with Crippen LogP contribution in [0.2, 0.25) is 0 Å². The summed E-state index contributed by atoms with van der Waals surface area (Å²) < 4.78 is 25.0. The zero-order valence-electron chi connectivity index (χ0n) is 47.0. The van der Waals surface area contributed by atoms with Crippen molar-refractivity contribution in [1.29, 1.82) is 0 Å². The van der Waals surface area contributed by atoms with Crippen LogP contribution < -0.4 is 32.3 Å². The summed E-state index contributed by atoms with van der Waals surface area (Å²) in [6.07, 6.45) is 21.3. The second-order valence-corrected chi connectivity index (χ2v) is 21.9. The van der Waals surface area contributed by atoms with E-state index in [4.69, 9.17) is 24.7 Å². The number of aliphatic hydroxyl groups is 1. The molecule has 4 aliphatic rings. The molecule has 2 aliphatic carbocycles. The molecule has 0 spiro atoms. The van der Waals surface area contributed by atoms with E-state index in [9.17, 15) is 33.9 Å². The fourth-order valence-electron chi connectivity index (χ4n) is 10.7. The maximum Gasteiger partial charge on any atom is 0.408 e. The number of nitrogens with zero attached hydrogens (tertiary/aromatic N) is 3. The largest absolute Gasteiger partial charge is 0.455 e. The summed E-state index contributed by atoms with van der Waals surface area (Å²) in [7, 11) is 1.91. The molecule has 1 saturated heterocycles. The number of nitrogens with one attached hydrogen (secondary N) is 5. The first-order valence-corrected chi connectivity index (χ1v) is 27.8. The highest BCUT2D eigenvalue weighted by Crippen LogP contribution is 2.53. The number of anilines is 1. The van der Waals surface area contributed by atoms with Crippen molar-refractivity contribution in [1.82, 2.24) is 36.3 Å². The maximum atomic E-state index is 13.8. The van der Waals surface area contributed by atoms with Gasteiger partial charge in [-0.2, -0.15) is 0 Å². The topological polar surface area (TPSA) is 276 Å². The highest BCUT2D eigenvalue weighted by molar-refractivity contribution is 5.98. The number of carbonyl (C=O) groups excluding carboxylic acids is 6. The van der Waals surface area contributed by atoms with Gasteiger partial charge < -0.3 is 56.4 Å². The Balaban J connectivity index is 1.02. The van der Waals surface area contributed by atoms with Crippen molar-refractivity contribution in [2.24, 2.45) is 48.3 Å². The van der Waals surface area contributed by atoms with Crippen molar-refractivity contribution < 1.29 is 52.8 Å². The molecule has 8 N–H and O–H groups in total. The number of carbonyl (C=O) groups is 6. The van der Waals surface area contributed by atoms with Crippen LogP contribution in [0.25, 0.3) is 0 Å². The second-order valence-electron chi connectivity index (χ2n) is 21.9. The van der Waals surface area contributed by atoms with Crippen LogP contribution >= 0.6 is 0 Å². The zero-order chi connectivity index (χ0) is 57.2. The second kappa shape index (κ2) is 29.8. The first-order chi connectivity index (χ1) is 37.8. The summed E-state index contributed by atoms with van der Waals surface area (Å²) in [5, 5.41) is 33.3. The van der Waals surface area contributed by atoms with Crippen molar-refractivity contribution >= 4 is 41.7 Å². The van der Waals surface area contributed by atoms with Gasteiger partial charge >= 0.3 is 24.2 Å². The fourth-order valence-corrected chi connectivity index (χ4v) is 10.7. The molecule has 1 saturated carbocycles. The van der Waals surface area contributed by atoms with Crippen LogP contribution in [0.1, 0.15) is 110 Å². The number of hydrogen-bond donors (Lipinski definition) is 7. The monoisotopic (exact) mass is 1090 g/mol. The first kappa shape index (κ1) is 61.2. The minimum absolute atomic E-state index is 0.103. The summed E-state index contributed by atoms with van der Waals surface area (Å²) in [4.78, 5) is 77.2. The Kier molecular flexibility index (Phi) is 23.1. The van der Waals surface area contributed by atoms with E-state index in [1.807, 2.05) is 88.0 Å². The van der Waals surface area contributed by atoms with Crippen LogP contribution in [0.4, 0.5) is 20.1 Å². The predicted molar refractivity (Wildman–Crippen MR) is 299 cm³/mol. The van der Waals surface area contributed by atoms with Crippen LogP contribution in [-0.4, -0.2) is 112 Å². The number of aromatic nitrogens is 3. The summed E-state index contributed by atoms with van der Waals surface area (Å²) in [6, 6.07) is 3.23. The van der Waals surface area contributed by atoms with E-state index < -0.39 is 60.4 Å². The van der Waals surface area contributed by atoms with E-state index in [0.29, 0.717) is 42.3 Å². The van der Waals surface area contributed by atoms with Gasteiger partial charge in [-0.3, -0.25) is 14.3 Å². The normalized spacial score (nSPS) is 24.8. The number of hydrogen-bond acceptors (Lipinski definition) is 13. The highest BCUT2D eigenvalue weighted by atomic mass is 16.6. The Labute approximate surface area is 464 Å². The Hall–Kier alpha value is -7.06. The summed E-state index contributed by atoms with van der Waals surface area (Å²) in [5.41, 5.74) is 10.6. The van der Waals surface area contributed by atoms with Gasteiger partial charge in [-0.25, -0.2) is 19.2 Å². The van der Waals surface area contributed by atoms with Gasteiger partial charge in [-0.05, 0) is 119 Å². The Morgan fingerprint density at radius 3 is 2.42 bits per heavy atom. The maximum absolute atomic E-state index is 13.8. The van der Waals surface area contributed by atoms with E-state index in [-0.39, 0.29) is 68.0 Å². The van der Waals surface area contributed by atoms with Gasteiger partial charge in [0.25, 0.3) is 0 Å². The molecule has 79 heavy (non-hydrogen) atoms. The average molecular weight is 1090 g/mol. The van der Waals surface area contributed by atoms with E-state index in [1.165, 1.54) is 6.08 Å². The third kappa shape index (κ3) is 19.1. The van der Waals surface area contributed by atoms with E-state index >= 15 is 0 Å². The number of alkyl carbamates (subject to hydrolysis) is 2. The third-order valence-corrected chi connectivity index (χ3v) is 15.1. The van der Waals surface area contributed by atoms with Crippen molar-refractivity contribution in [2.75, 3.05) is 18.5 Å². The molecule has 0 bridgehead atoms. The summed E-state index contributed by atoms with van der Waals surface area (Å²) >= 11 is 0. The molecule has 12 atom stereocenters. The predicted octanol–water partition coefficient (Wildman–Crippen LogP) is 7.11. The molecular weight excluding hydrogens is 1010 g/mol. The molecule has 1 aromatic heterocycles. The van der Waals surface area contributed by atoms with Crippen LogP contribution in [0.5, 0.6) is 0 Å². The van der Waals surface area contributed by atoms with Crippen molar-refractivity contribution in [3.05, 3.63) is 113 Å². The van der Waals surface area contributed by atoms with Gasteiger partial charge in [0.2, 0.25) is 11.8 Å². The third-order valence-electron chi connectivity index (χ3n) is 15.1. The van der Waals surface area contributed by atoms with Gasteiger partial charge in [0.1, 0.15) is 24.8 Å². The zero-order valence-corrected chi connectivity index (χ0v) is 47.0.